The fourth-order valence-electron chi connectivity index (χ4n) is 2.41. The largest absolute Gasteiger partial charge is 0.310 e. The molecule has 0 aliphatic rings. The molecule has 114 valence electrons. The van der Waals surface area contributed by atoms with Gasteiger partial charge < -0.3 is 5.32 Å². The molecule has 2 aromatic rings. The second-order valence-corrected chi connectivity index (χ2v) is 4.98. The Bertz CT molecular complexity index is 637. The zero-order valence-corrected chi connectivity index (χ0v) is 12.3. The Morgan fingerprint density at radius 3 is 2.52 bits per heavy atom. The van der Waals surface area contributed by atoms with Crippen molar-refractivity contribution in [3.8, 4) is 0 Å². The summed E-state index contributed by atoms with van der Waals surface area (Å²) in [5, 5.41) is 7.33. The highest BCUT2D eigenvalue weighted by molar-refractivity contribution is 5.25. The molecule has 0 saturated heterocycles. The van der Waals surface area contributed by atoms with Crippen molar-refractivity contribution in [1.29, 1.82) is 0 Å². The lowest BCUT2D eigenvalue weighted by Gasteiger charge is -2.19. The first-order valence-corrected chi connectivity index (χ1v) is 6.80. The van der Waals surface area contributed by atoms with Crippen LogP contribution < -0.4 is 5.32 Å². The number of hydrogen-bond acceptors (Lipinski definition) is 2. The molecule has 1 atom stereocenters. The molecular weight excluding hydrogens is 279 g/mol. The van der Waals surface area contributed by atoms with Crippen molar-refractivity contribution >= 4 is 0 Å². The van der Waals surface area contributed by atoms with Crippen molar-refractivity contribution < 1.29 is 13.2 Å². The summed E-state index contributed by atoms with van der Waals surface area (Å²) in [5.41, 5.74) is 1.87. The molecule has 1 aromatic heterocycles. The Morgan fingerprint density at radius 2 is 1.95 bits per heavy atom. The van der Waals surface area contributed by atoms with Crippen molar-refractivity contribution in [2.45, 2.75) is 26.3 Å². The minimum absolute atomic E-state index is 0.120. The van der Waals surface area contributed by atoms with E-state index in [4.69, 9.17) is 0 Å². The maximum absolute atomic E-state index is 14.0. The van der Waals surface area contributed by atoms with E-state index in [1.165, 1.54) is 6.07 Å². The fraction of sp³-hybridized carbons (Fsp3) is 0.400. The van der Waals surface area contributed by atoms with Crippen molar-refractivity contribution in [3.63, 3.8) is 0 Å². The molecule has 0 amide bonds. The molecule has 2 rings (SSSR count). The topological polar surface area (TPSA) is 29.9 Å². The van der Waals surface area contributed by atoms with Gasteiger partial charge in [0.25, 0.3) is 0 Å². The maximum atomic E-state index is 14.0. The highest BCUT2D eigenvalue weighted by atomic mass is 19.2. The van der Waals surface area contributed by atoms with E-state index in [9.17, 15) is 13.2 Å². The Kier molecular flexibility index (Phi) is 4.67. The van der Waals surface area contributed by atoms with Gasteiger partial charge in [-0.05, 0) is 25.6 Å². The summed E-state index contributed by atoms with van der Waals surface area (Å²) < 4.78 is 42.1. The van der Waals surface area contributed by atoms with E-state index in [0.717, 1.165) is 17.5 Å². The summed E-state index contributed by atoms with van der Waals surface area (Å²) in [4.78, 5) is 0. The molecule has 1 aromatic carbocycles. The van der Waals surface area contributed by atoms with Gasteiger partial charge in [0.1, 0.15) is 0 Å². The number of aromatic nitrogens is 2. The van der Waals surface area contributed by atoms with E-state index in [1.807, 2.05) is 19.9 Å². The van der Waals surface area contributed by atoms with E-state index in [0.29, 0.717) is 13.0 Å². The highest BCUT2D eigenvalue weighted by Crippen LogP contribution is 2.24. The quantitative estimate of drug-likeness (QED) is 0.860. The lowest BCUT2D eigenvalue weighted by molar-refractivity contribution is 0.423. The first kappa shape index (κ1) is 15.6. The van der Waals surface area contributed by atoms with Crippen LogP contribution in [0.15, 0.2) is 18.2 Å². The van der Waals surface area contributed by atoms with Gasteiger partial charge in [0.05, 0.1) is 5.69 Å². The van der Waals surface area contributed by atoms with Gasteiger partial charge in [-0.25, -0.2) is 13.2 Å². The standard InChI is InChI=1S/C15H18F3N3/c1-4-19-13(8-10-7-9(2)20-21(10)3)11-5-6-12(16)15(18)14(11)17/h5-7,13,19H,4,8H2,1-3H3. The Balaban J connectivity index is 2.35. The molecule has 0 saturated carbocycles. The van der Waals surface area contributed by atoms with Crippen LogP contribution in [0.1, 0.15) is 29.9 Å². The molecule has 0 bridgehead atoms. The van der Waals surface area contributed by atoms with Gasteiger partial charge in [-0.1, -0.05) is 13.0 Å². The third kappa shape index (κ3) is 3.26. The minimum Gasteiger partial charge on any atom is -0.310 e. The van der Waals surface area contributed by atoms with Gasteiger partial charge in [-0.2, -0.15) is 5.10 Å². The van der Waals surface area contributed by atoms with Crippen LogP contribution in [0, 0.1) is 24.4 Å². The minimum atomic E-state index is -1.43. The van der Waals surface area contributed by atoms with Gasteiger partial charge in [0.2, 0.25) is 0 Å². The van der Waals surface area contributed by atoms with Crippen molar-refractivity contribution in [3.05, 3.63) is 52.6 Å². The van der Waals surface area contributed by atoms with Gasteiger partial charge >= 0.3 is 0 Å². The van der Waals surface area contributed by atoms with E-state index >= 15 is 0 Å². The number of benzene rings is 1. The molecule has 0 spiro atoms. The number of nitrogens with zero attached hydrogens (tertiary/aromatic N) is 2. The smallest absolute Gasteiger partial charge is 0.194 e. The summed E-state index contributed by atoms with van der Waals surface area (Å²) in [6.07, 6.45) is 0.438. The van der Waals surface area contributed by atoms with Gasteiger partial charge in [-0.15, -0.1) is 0 Å². The molecule has 1 N–H and O–H groups in total. The molecule has 1 unspecified atom stereocenters. The van der Waals surface area contributed by atoms with Crippen LogP contribution in [0.5, 0.6) is 0 Å². The lowest BCUT2D eigenvalue weighted by Crippen LogP contribution is -2.25. The fourth-order valence-corrected chi connectivity index (χ4v) is 2.41. The van der Waals surface area contributed by atoms with Crippen molar-refractivity contribution in [2.75, 3.05) is 6.54 Å². The number of aryl methyl sites for hydroxylation is 2. The Hall–Kier alpha value is -1.82. The molecule has 6 heteroatoms. The van der Waals surface area contributed by atoms with Crippen LogP contribution in [-0.2, 0) is 13.5 Å². The Labute approximate surface area is 121 Å². The molecule has 0 aliphatic carbocycles. The second kappa shape index (κ2) is 6.30. The zero-order valence-electron chi connectivity index (χ0n) is 12.3. The predicted molar refractivity (Wildman–Crippen MR) is 74.4 cm³/mol. The van der Waals surface area contributed by atoms with Crippen LogP contribution in [0.4, 0.5) is 13.2 Å². The summed E-state index contributed by atoms with van der Waals surface area (Å²) in [6.45, 7) is 4.32. The third-order valence-corrected chi connectivity index (χ3v) is 3.40. The van der Waals surface area contributed by atoms with Crippen LogP contribution in [0.3, 0.4) is 0 Å². The highest BCUT2D eigenvalue weighted by Gasteiger charge is 2.21. The number of hydrogen-bond donors (Lipinski definition) is 1. The lowest BCUT2D eigenvalue weighted by atomic mass is 10.0. The van der Waals surface area contributed by atoms with E-state index < -0.39 is 23.5 Å². The first-order valence-electron chi connectivity index (χ1n) is 6.80. The van der Waals surface area contributed by atoms with E-state index in [2.05, 4.69) is 10.4 Å². The normalized spacial score (nSPS) is 12.7. The average molecular weight is 297 g/mol. The number of likely N-dealkylation sites (N-methyl/N-ethyl adjacent to an activating group) is 1. The van der Waals surface area contributed by atoms with Crippen LogP contribution in [0.25, 0.3) is 0 Å². The van der Waals surface area contributed by atoms with Crippen LogP contribution >= 0.6 is 0 Å². The predicted octanol–water partition coefficient (Wildman–Crippen LogP) is 3.04. The monoisotopic (exact) mass is 297 g/mol. The average Bonchev–Trinajstić information content (AvgIpc) is 2.74. The van der Waals surface area contributed by atoms with Crippen molar-refractivity contribution in [2.24, 2.45) is 7.05 Å². The van der Waals surface area contributed by atoms with Gasteiger partial charge in [-0.3, -0.25) is 4.68 Å². The number of nitrogens with one attached hydrogen (secondary N) is 1. The SMILES string of the molecule is CCNC(Cc1cc(C)nn1C)c1ccc(F)c(F)c1F. The molecule has 0 radical (unpaired) electrons. The molecule has 3 nitrogen and oxygen atoms in total. The van der Waals surface area contributed by atoms with Crippen molar-refractivity contribution in [1.82, 2.24) is 15.1 Å². The zero-order chi connectivity index (χ0) is 15.6. The van der Waals surface area contributed by atoms with Gasteiger partial charge in [0, 0.05) is 30.8 Å². The summed E-state index contributed by atoms with van der Waals surface area (Å²) >= 11 is 0. The molecule has 21 heavy (non-hydrogen) atoms. The molecule has 1 heterocycles. The Morgan fingerprint density at radius 1 is 1.24 bits per heavy atom. The first-order chi connectivity index (χ1) is 9.93. The third-order valence-electron chi connectivity index (χ3n) is 3.40. The molecule has 0 aliphatic heterocycles. The van der Waals surface area contributed by atoms with E-state index in [-0.39, 0.29) is 5.56 Å². The molecular formula is C15H18F3N3. The maximum Gasteiger partial charge on any atom is 0.194 e. The van der Waals surface area contributed by atoms with Crippen LogP contribution in [0.2, 0.25) is 0 Å². The van der Waals surface area contributed by atoms with Gasteiger partial charge in [0.15, 0.2) is 17.5 Å². The van der Waals surface area contributed by atoms with Crippen LogP contribution in [-0.4, -0.2) is 16.3 Å². The second-order valence-electron chi connectivity index (χ2n) is 4.98. The summed E-state index contributed by atoms with van der Waals surface area (Å²) in [6, 6.07) is 3.68. The van der Waals surface area contributed by atoms with E-state index in [1.54, 1.807) is 11.7 Å². The molecule has 0 fully saturated rings. The summed E-state index contributed by atoms with van der Waals surface area (Å²) in [5.74, 6) is -3.75. The summed E-state index contributed by atoms with van der Waals surface area (Å²) in [7, 11) is 1.80. The number of halogens is 3. The number of rotatable bonds is 5.